The van der Waals surface area contributed by atoms with Gasteiger partial charge < -0.3 is 4.55 Å². The van der Waals surface area contributed by atoms with E-state index >= 15 is 0 Å². The van der Waals surface area contributed by atoms with Crippen LogP contribution in [0.3, 0.4) is 0 Å². The molecule has 0 amide bonds. The molecule has 12 heavy (non-hydrogen) atoms. The van der Waals surface area contributed by atoms with Crippen molar-refractivity contribution in [2.24, 2.45) is 11.1 Å². The summed E-state index contributed by atoms with van der Waals surface area (Å²) in [6.07, 6.45) is 1.29. The van der Waals surface area contributed by atoms with Gasteiger partial charge in [-0.3, -0.25) is 4.90 Å². The van der Waals surface area contributed by atoms with Gasteiger partial charge in [0.25, 0.3) is 0 Å². The number of nitrogens with two attached hydrogens (primary N) is 1. The molecule has 1 saturated heterocycles. The lowest BCUT2D eigenvalue weighted by atomic mass is 9.92. The summed E-state index contributed by atoms with van der Waals surface area (Å²) in [5.74, 6) is 1.33. The molecular formula is C8H18N2OS. The Bertz CT molecular complexity index is 141. The van der Waals surface area contributed by atoms with Crippen molar-refractivity contribution in [3.63, 3.8) is 0 Å². The van der Waals surface area contributed by atoms with Crippen molar-refractivity contribution in [2.75, 3.05) is 18.8 Å². The van der Waals surface area contributed by atoms with Gasteiger partial charge in [-0.15, -0.1) is 0 Å². The Kier molecular flexibility index (Phi) is 3.83. The third-order valence-corrected chi connectivity index (χ3v) is 3.12. The molecule has 2 atom stereocenters. The van der Waals surface area contributed by atoms with Gasteiger partial charge in [-0.1, -0.05) is 13.8 Å². The van der Waals surface area contributed by atoms with Crippen LogP contribution in [0.25, 0.3) is 0 Å². The fourth-order valence-electron chi connectivity index (χ4n) is 1.70. The molecule has 0 spiro atoms. The molecule has 72 valence electrons. The monoisotopic (exact) mass is 190 g/mol. The highest BCUT2D eigenvalue weighted by Gasteiger charge is 2.30. The highest BCUT2D eigenvalue weighted by atomic mass is 32.2. The van der Waals surface area contributed by atoms with Gasteiger partial charge in [-0.25, -0.2) is 0 Å². The van der Waals surface area contributed by atoms with Crippen LogP contribution >= 0.6 is 0 Å². The molecule has 0 aromatic carbocycles. The fraction of sp³-hybridized carbons (Fsp3) is 1.00. The predicted molar refractivity (Wildman–Crippen MR) is 52.0 cm³/mol. The molecule has 1 heterocycles. The van der Waals surface area contributed by atoms with Crippen LogP contribution in [0, 0.1) is 5.92 Å². The van der Waals surface area contributed by atoms with Gasteiger partial charge in [0.1, 0.15) is 5.75 Å². The van der Waals surface area contributed by atoms with Gasteiger partial charge in [0.2, 0.25) is 0 Å². The zero-order valence-corrected chi connectivity index (χ0v) is 8.64. The summed E-state index contributed by atoms with van der Waals surface area (Å²) < 4.78 is 10.6. The molecular weight excluding hydrogens is 172 g/mol. The fourth-order valence-corrected chi connectivity index (χ4v) is 2.12. The highest BCUT2D eigenvalue weighted by Crippen LogP contribution is 2.23. The second-order valence-electron chi connectivity index (χ2n) is 3.72. The van der Waals surface area contributed by atoms with E-state index in [2.05, 4.69) is 18.7 Å². The molecule has 0 aromatic heterocycles. The lowest BCUT2D eigenvalue weighted by Gasteiger charge is -2.43. The maximum atomic E-state index is 10.6. The van der Waals surface area contributed by atoms with Gasteiger partial charge in [-0.2, -0.15) is 5.14 Å². The van der Waals surface area contributed by atoms with E-state index in [9.17, 15) is 4.55 Å². The lowest BCUT2D eigenvalue weighted by Crippen LogP contribution is -2.52. The standard InChI is InChI=1S/C8H18N2OS/c1-7(2)8-3-4-10(8)5-6-12(9)11/h7-8H,3-6,9H2,1-2H3. The largest absolute Gasteiger partial charge is 0.598 e. The second kappa shape index (κ2) is 4.46. The van der Waals surface area contributed by atoms with E-state index in [4.69, 9.17) is 5.14 Å². The molecule has 0 aromatic rings. The van der Waals surface area contributed by atoms with Crippen molar-refractivity contribution in [1.29, 1.82) is 0 Å². The first-order chi connectivity index (χ1) is 5.61. The van der Waals surface area contributed by atoms with Crippen molar-refractivity contribution in [2.45, 2.75) is 26.3 Å². The average molecular weight is 190 g/mol. The van der Waals surface area contributed by atoms with Crippen LogP contribution in [-0.2, 0) is 11.4 Å². The molecule has 1 aliphatic heterocycles. The Morgan fingerprint density at radius 1 is 1.67 bits per heavy atom. The second-order valence-corrected chi connectivity index (χ2v) is 4.89. The molecule has 0 bridgehead atoms. The van der Waals surface area contributed by atoms with Crippen LogP contribution in [0.5, 0.6) is 0 Å². The highest BCUT2D eigenvalue weighted by molar-refractivity contribution is 7.89. The number of rotatable bonds is 4. The van der Waals surface area contributed by atoms with E-state index in [1.165, 1.54) is 6.42 Å². The zero-order chi connectivity index (χ0) is 9.14. The van der Waals surface area contributed by atoms with Gasteiger partial charge in [0.05, 0.1) is 0 Å². The zero-order valence-electron chi connectivity index (χ0n) is 7.82. The van der Waals surface area contributed by atoms with E-state index in [0.717, 1.165) is 13.1 Å². The van der Waals surface area contributed by atoms with Gasteiger partial charge >= 0.3 is 0 Å². The number of hydrogen-bond acceptors (Lipinski definition) is 3. The Morgan fingerprint density at radius 3 is 2.67 bits per heavy atom. The number of likely N-dealkylation sites (tertiary alicyclic amines) is 1. The average Bonchev–Trinajstić information content (AvgIpc) is 1.82. The lowest BCUT2D eigenvalue weighted by molar-refractivity contribution is 0.0632. The summed E-state index contributed by atoms with van der Waals surface area (Å²) in [5.41, 5.74) is 0. The minimum Gasteiger partial charge on any atom is -0.598 e. The number of hydrogen-bond donors (Lipinski definition) is 1. The smallest absolute Gasteiger partial charge is 0.137 e. The Balaban J connectivity index is 2.17. The van der Waals surface area contributed by atoms with Crippen molar-refractivity contribution in [3.8, 4) is 0 Å². The third kappa shape index (κ3) is 2.62. The summed E-state index contributed by atoms with van der Waals surface area (Å²) in [4.78, 5) is 2.37. The molecule has 2 N–H and O–H groups in total. The summed E-state index contributed by atoms with van der Waals surface area (Å²) in [5, 5.41) is 5.19. The van der Waals surface area contributed by atoms with Crippen molar-refractivity contribution in [1.82, 2.24) is 4.90 Å². The van der Waals surface area contributed by atoms with E-state index in [1.54, 1.807) is 0 Å². The first-order valence-electron chi connectivity index (χ1n) is 4.48. The predicted octanol–water partition coefficient (Wildman–Crippen LogP) is 0.339. The molecule has 2 unspecified atom stereocenters. The van der Waals surface area contributed by atoms with Crippen LogP contribution in [0.4, 0.5) is 0 Å². The number of nitrogens with zero attached hydrogens (tertiary/aromatic N) is 1. The van der Waals surface area contributed by atoms with E-state index in [-0.39, 0.29) is 0 Å². The normalized spacial score (nSPS) is 27.2. The minimum atomic E-state index is -1.12. The molecule has 3 nitrogen and oxygen atoms in total. The molecule has 1 fully saturated rings. The molecule has 1 aliphatic rings. The summed E-state index contributed by atoms with van der Waals surface area (Å²) >= 11 is -1.12. The Labute approximate surface area is 77.6 Å². The SMILES string of the molecule is CC(C)C1CCN1CC[S+](N)[O-]. The quantitative estimate of drug-likeness (QED) is 0.650. The van der Waals surface area contributed by atoms with E-state index in [1.807, 2.05) is 0 Å². The first-order valence-corrected chi connectivity index (χ1v) is 5.86. The van der Waals surface area contributed by atoms with Crippen LogP contribution in [0.15, 0.2) is 0 Å². The van der Waals surface area contributed by atoms with Gasteiger partial charge in [0.15, 0.2) is 0 Å². The van der Waals surface area contributed by atoms with Crippen LogP contribution < -0.4 is 5.14 Å². The van der Waals surface area contributed by atoms with Crippen LogP contribution in [0.1, 0.15) is 20.3 Å². The molecule has 0 saturated carbocycles. The van der Waals surface area contributed by atoms with Crippen molar-refractivity contribution in [3.05, 3.63) is 0 Å². The molecule has 0 aliphatic carbocycles. The van der Waals surface area contributed by atoms with Crippen LogP contribution in [-0.4, -0.2) is 34.3 Å². The van der Waals surface area contributed by atoms with Crippen LogP contribution in [0.2, 0.25) is 0 Å². The molecule has 1 rings (SSSR count). The van der Waals surface area contributed by atoms with Crippen molar-refractivity contribution < 1.29 is 4.55 Å². The Morgan fingerprint density at radius 2 is 2.33 bits per heavy atom. The summed E-state index contributed by atoms with van der Waals surface area (Å²) in [6, 6.07) is 0.702. The maximum Gasteiger partial charge on any atom is 0.137 e. The summed E-state index contributed by atoms with van der Waals surface area (Å²) in [7, 11) is 0. The molecule has 4 heteroatoms. The first kappa shape index (κ1) is 10.3. The van der Waals surface area contributed by atoms with E-state index in [0.29, 0.717) is 17.7 Å². The maximum absolute atomic E-state index is 10.6. The van der Waals surface area contributed by atoms with Gasteiger partial charge in [-0.05, 0) is 12.3 Å². The Hall–Kier alpha value is 0.230. The van der Waals surface area contributed by atoms with Gasteiger partial charge in [0, 0.05) is 30.5 Å². The minimum absolute atomic E-state index is 0.614. The molecule has 0 radical (unpaired) electrons. The topological polar surface area (TPSA) is 52.3 Å². The van der Waals surface area contributed by atoms with Crippen molar-refractivity contribution >= 4 is 11.4 Å². The summed E-state index contributed by atoms with van der Waals surface area (Å²) in [6.45, 7) is 6.51. The third-order valence-electron chi connectivity index (χ3n) is 2.53. The van der Waals surface area contributed by atoms with E-state index < -0.39 is 11.4 Å².